The van der Waals surface area contributed by atoms with Gasteiger partial charge in [-0.05, 0) is 56.2 Å². The fourth-order valence-corrected chi connectivity index (χ4v) is 2.81. The lowest BCUT2D eigenvalue weighted by molar-refractivity contribution is 0.0972. The van der Waals surface area contributed by atoms with Crippen LogP contribution in [-0.2, 0) is 12.8 Å². The molecule has 1 aromatic carbocycles. The lowest BCUT2D eigenvalue weighted by Gasteiger charge is -2.07. The molecule has 1 aromatic heterocycles. The molecule has 0 saturated carbocycles. The Morgan fingerprint density at radius 3 is 2.15 bits per heavy atom. The molecular weight excluding hydrogens is 458 g/mol. The molecule has 2 rings (SSSR count). The topological polar surface area (TPSA) is 201 Å². The van der Waals surface area contributed by atoms with Crippen LogP contribution in [0.2, 0.25) is 5.15 Å². The number of halogens is 1. The Hall–Kier alpha value is -3.31. The van der Waals surface area contributed by atoms with Crippen molar-refractivity contribution < 1.29 is 4.79 Å². The normalized spacial score (nSPS) is 10.9. The maximum absolute atomic E-state index is 12.1. The number of carbonyl (C=O) groups is 1. The summed E-state index contributed by atoms with van der Waals surface area (Å²) in [6, 6.07) is 8.32. The van der Waals surface area contributed by atoms with E-state index in [0.717, 1.165) is 45.1 Å². The highest BCUT2D eigenvalue weighted by Crippen LogP contribution is 2.17. The molecule has 9 N–H and O–H groups in total. The molecule has 0 spiro atoms. The van der Waals surface area contributed by atoms with E-state index in [0.29, 0.717) is 13.1 Å². The minimum Gasteiger partial charge on any atom is -0.382 e. The second-order valence-corrected chi connectivity index (χ2v) is 7.73. The van der Waals surface area contributed by atoms with Gasteiger partial charge in [-0.3, -0.25) is 15.1 Å². The lowest BCUT2D eigenvalue weighted by atomic mass is 10.0. The molecule has 0 unspecified atom stereocenters. The molecule has 0 aliphatic heterocycles. The fraction of sp³-hybridized carbons (Fsp3) is 0.455. The van der Waals surface area contributed by atoms with Crippen molar-refractivity contribution in [2.45, 2.75) is 45.4 Å². The maximum Gasteiger partial charge on any atom is 0.280 e. The predicted octanol–water partition coefficient (Wildman–Crippen LogP) is 2.42. The van der Waals surface area contributed by atoms with Gasteiger partial charge in [0.25, 0.3) is 5.91 Å². The van der Waals surface area contributed by atoms with Gasteiger partial charge in [-0.25, -0.2) is 9.97 Å². The van der Waals surface area contributed by atoms with Crippen LogP contribution in [0.1, 0.15) is 54.2 Å². The van der Waals surface area contributed by atoms with Gasteiger partial charge in [0.15, 0.2) is 28.4 Å². The zero-order valence-electron chi connectivity index (χ0n) is 19.5. The Labute approximate surface area is 204 Å². The van der Waals surface area contributed by atoms with Gasteiger partial charge in [-0.2, -0.15) is 4.91 Å². The summed E-state index contributed by atoms with van der Waals surface area (Å²) in [5.41, 5.74) is 24.1. The molecule has 0 atom stereocenters. The molecule has 1 amide bonds. The fourth-order valence-electron chi connectivity index (χ4n) is 2.68. The molecule has 186 valence electrons. The van der Waals surface area contributed by atoms with Crippen molar-refractivity contribution in [2.75, 3.05) is 31.1 Å². The molecule has 0 saturated heterocycles. The summed E-state index contributed by atoms with van der Waals surface area (Å²) in [4.78, 5) is 33.9. The summed E-state index contributed by atoms with van der Waals surface area (Å²) < 4.78 is 0. The van der Waals surface area contributed by atoms with Crippen LogP contribution in [0, 0.1) is 4.91 Å². The molecule has 0 radical (unpaired) electrons. The Balaban J connectivity index is 0.00000133. The molecular formula is C22H34ClN9O2. The first-order chi connectivity index (χ1) is 16.3. The van der Waals surface area contributed by atoms with Gasteiger partial charge in [-0.15, -0.1) is 0 Å². The third-order valence-corrected chi connectivity index (χ3v) is 4.82. The SMILES string of the molecule is CCCN.NC(=NCCCCc1ccc(CCCN=O)cc1)NC(=O)c1nc(Cl)c(N)nc1N. The smallest absolute Gasteiger partial charge is 0.280 e. The van der Waals surface area contributed by atoms with Gasteiger partial charge >= 0.3 is 0 Å². The van der Waals surface area contributed by atoms with Gasteiger partial charge in [-0.1, -0.05) is 48.0 Å². The number of nitroso groups, excluding NO2 is 1. The van der Waals surface area contributed by atoms with Gasteiger partial charge < -0.3 is 22.9 Å². The molecule has 0 aliphatic carbocycles. The Morgan fingerprint density at radius 2 is 1.59 bits per heavy atom. The summed E-state index contributed by atoms with van der Waals surface area (Å²) in [7, 11) is 0. The highest BCUT2D eigenvalue weighted by molar-refractivity contribution is 6.31. The number of nitrogens with one attached hydrogen (secondary N) is 1. The number of aromatic nitrogens is 2. The third-order valence-electron chi connectivity index (χ3n) is 4.54. The van der Waals surface area contributed by atoms with E-state index in [1.54, 1.807) is 0 Å². The Bertz CT molecular complexity index is 935. The number of benzene rings is 1. The standard InChI is InChI=1S/C19H25ClN8O2.C3H9N/c20-15-17(22)27-16(21)14(26-15)18(29)28-19(23)24-10-2-1-4-12-6-8-13(9-7-12)5-3-11-25-30;1-2-3-4/h6-9H,1-5,10-11H2,(H4,21,22,27)(H3,23,24,28,29);2-4H2,1H3. The number of aliphatic imine (C=N–C) groups is 1. The molecule has 0 bridgehead atoms. The second-order valence-electron chi connectivity index (χ2n) is 7.37. The van der Waals surface area contributed by atoms with Crippen molar-refractivity contribution in [1.82, 2.24) is 15.3 Å². The predicted molar refractivity (Wildman–Crippen MR) is 138 cm³/mol. The van der Waals surface area contributed by atoms with Crippen LogP contribution in [0.15, 0.2) is 34.4 Å². The van der Waals surface area contributed by atoms with Crippen LogP contribution in [0.3, 0.4) is 0 Å². The number of nitrogens with zero attached hydrogens (tertiary/aromatic N) is 4. The average molecular weight is 492 g/mol. The van der Waals surface area contributed by atoms with E-state index in [9.17, 15) is 9.70 Å². The van der Waals surface area contributed by atoms with E-state index in [-0.39, 0.29) is 28.4 Å². The van der Waals surface area contributed by atoms with Crippen LogP contribution in [0.25, 0.3) is 0 Å². The number of anilines is 2. The largest absolute Gasteiger partial charge is 0.382 e. The highest BCUT2D eigenvalue weighted by atomic mass is 35.5. The van der Waals surface area contributed by atoms with Crippen molar-refractivity contribution in [3.8, 4) is 0 Å². The quantitative estimate of drug-likeness (QED) is 0.136. The first kappa shape index (κ1) is 28.7. The number of nitrogens with two attached hydrogens (primary N) is 4. The summed E-state index contributed by atoms with van der Waals surface area (Å²) in [6.07, 6.45) is 5.35. The Morgan fingerprint density at radius 1 is 1.00 bits per heavy atom. The molecule has 2 aromatic rings. The van der Waals surface area contributed by atoms with Crippen molar-refractivity contribution in [3.63, 3.8) is 0 Å². The van der Waals surface area contributed by atoms with Gasteiger partial charge in [0.05, 0.1) is 6.54 Å². The van der Waals surface area contributed by atoms with Crippen LogP contribution in [-0.4, -0.2) is 41.5 Å². The van der Waals surface area contributed by atoms with E-state index in [2.05, 4.69) is 56.6 Å². The van der Waals surface area contributed by atoms with Crippen LogP contribution in [0.4, 0.5) is 11.6 Å². The van der Waals surface area contributed by atoms with Gasteiger partial charge in [0.1, 0.15) is 0 Å². The zero-order valence-corrected chi connectivity index (χ0v) is 20.2. The van der Waals surface area contributed by atoms with Crippen LogP contribution < -0.4 is 28.3 Å². The van der Waals surface area contributed by atoms with Gasteiger partial charge in [0, 0.05) is 6.54 Å². The molecule has 34 heavy (non-hydrogen) atoms. The van der Waals surface area contributed by atoms with E-state index in [4.69, 9.17) is 34.5 Å². The van der Waals surface area contributed by atoms with E-state index >= 15 is 0 Å². The maximum atomic E-state index is 12.1. The van der Waals surface area contributed by atoms with E-state index < -0.39 is 5.91 Å². The summed E-state index contributed by atoms with van der Waals surface area (Å²) in [5, 5.41) is 5.15. The van der Waals surface area contributed by atoms with Crippen molar-refractivity contribution >= 4 is 35.1 Å². The highest BCUT2D eigenvalue weighted by Gasteiger charge is 2.16. The second kappa shape index (κ2) is 16.3. The number of aryl methyl sites for hydroxylation is 2. The number of amides is 1. The number of nitrogen functional groups attached to an aromatic ring is 2. The lowest BCUT2D eigenvalue weighted by Crippen LogP contribution is -2.38. The van der Waals surface area contributed by atoms with Crippen molar-refractivity contribution in [1.29, 1.82) is 0 Å². The third kappa shape index (κ3) is 11.0. The monoisotopic (exact) mass is 491 g/mol. The van der Waals surface area contributed by atoms with Crippen LogP contribution >= 0.6 is 11.6 Å². The zero-order chi connectivity index (χ0) is 25.3. The molecule has 1 heterocycles. The van der Waals surface area contributed by atoms with Gasteiger partial charge in [0.2, 0.25) is 0 Å². The van der Waals surface area contributed by atoms with E-state index in [1.807, 2.05) is 0 Å². The summed E-state index contributed by atoms with van der Waals surface area (Å²) >= 11 is 5.76. The number of guanidine groups is 1. The molecule has 0 fully saturated rings. The Kier molecular flexibility index (Phi) is 13.8. The number of unbranched alkanes of at least 4 members (excludes halogenated alkanes) is 1. The average Bonchev–Trinajstić information content (AvgIpc) is 2.82. The summed E-state index contributed by atoms with van der Waals surface area (Å²) in [5.74, 6) is -0.902. The van der Waals surface area contributed by atoms with Crippen molar-refractivity contribution in [3.05, 3.63) is 51.1 Å². The first-order valence-electron chi connectivity index (χ1n) is 11.1. The minimum atomic E-state index is -0.660. The minimum absolute atomic E-state index is 0.0386. The van der Waals surface area contributed by atoms with Crippen LogP contribution in [0.5, 0.6) is 0 Å². The number of rotatable bonds is 11. The number of hydrogen-bond donors (Lipinski definition) is 5. The first-order valence-corrected chi connectivity index (χ1v) is 11.5. The van der Waals surface area contributed by atoms with Crippen molar-refractivity contribution in [2.24, 2.45) is 21.6 Å². The summed E-state index contributed by atoms with van der Waals surface area (Å²) in [6.45, 7) is 3.69. The molecule has 12 heteroatoms. The number of carbonyl (C=O) groups excluding carboxylic acids is 1. The van der Waals surface area contributed by atoms with E-state index in [1.165, 1.54) is 11.1 Å². The molecule has 0 aliphatic rings. The molecule has 11 nitrogen and oxygen atoms in total. The number of hydrogen-bond acceptors (Lipinski definition) is 9.